The SMILES string of the molecule is CCC[C@@]1(C(=O)O)CN(C(=O)Nc2cc(OC)ccc2OC)CC[C@@H]1O. The summed E-state index contributed by atoms with van der Waals surface area (Å²) in [6.45, 7) is 2.09. The van der Waals surface area contributed by atoms with E-state index in [1.165, 1.54) is 19.1 Å². The summed E-state index contributed by atoms with van der Waals surface area (Å²) in [5.74, 6) is -0.0569. The monoisotopic (exact) mass is 366 g/mol. The number of urea groups is 1. The number of nitrogens with one attached hydrogen (secondary N) is 1. The number of benzene rings is 1. The van der Waals surface area contributed by atoms with E-state index in [2.05, 4.69) is 5.32 Å². The van der Waals surface area contributed by atoms with Crippen LogP contribution in [0.3, 0.4) is 0 Å². The van der Waals surface area contributed by atoms with Crippen LogP contribution >= 0.6 is 0 Å². The fourth-order valence-corrected chi connectivity index (χ4v) is 3.37. The number of hydrogen-bond donors (Lipinski definition) is 3. The Kier molecular flexibility index (Phi) is 6.31. The quantitative estimate of drug-likeness (QED) is 0.712. The van der Waals surface area contributed by atoms with Gasteiger partial charge < -0.3 is 29.9 Å². The molecule has 1 aliphatic heterocycles. The van der Waals surface area contributed by atoms with Crippen LogP contribution in [0.5, 0.6) is 11.5 Å². The number of likely N-dealkylation sites (tertiary alicyclic amines) is 1. The lowest BCUT2D eigenvalue weighted by molar-refractivity contribution is -0.162. The van der Waals surface area contributed by atoms with Crippen molar-refractivity contribution in [1.82, 2.24) is 4.90 Å². The third kappa shape index (κ3) is 3.85. The topological polar surface area (TPSA) is 108 Å². The Hall–Kier alpha value is -2.48. The molecule has 1 aromatic rings. The maximum absolute atomic E-state index is 12.7. The van der Waals surface area contributed by atoms with Crippen LogP contribution in [0.4, 0.5) is 10.5 Å². The van der Waals surface area contributed by atoms with Crippen molar-refractivity contribution >= 4 is 17.7 Å². The van der Waals surface area contributed by atoms with Crippen LogP contribution in [0.1, 0.15) is 26.2 Å². The van der Waals surface area contributed by atoms with E-state index < -0.39 is 23.5 Å². The summed E-state index contributed by atoms with van der Waals surface area (Å²) in [5.41, 5.74) is -0.914. The molecule has 0 bridgehead atoms. The zero-order valence-corrected chi connectivity index (χ0v) is 15.3. The molecular weight excluding hydrogens is 340 g/mol. The number of methoxy groups -OCH3 is 2. The zero-order chi connectivity index (χ0) is 19.3. The molecule has 1 fully saturated rings. The van der Waals surface area contributed by atoms with Crippen LogP contribution < -0.4 is 14.8 Å². The van der Waals surface area contributed by atoms with Gasteiger partial charge in [0.15, 0.2) is 0 Å². The molecule has 3 N–H and O–H groups in total. The molecule has 8 nitrogen and oxygen atoms in total. The summed E-state index contributed by atoms with van der Waals surface area (Å²) in [5, 5.41) is 22.7. The van der Waals surface area contributed by atoms with Gasteiger partial charge in [-0.3, -0.25) is 4.79 Å². The molecule has 8 heteroatoms. The van der Waals surface area contributed by atoms with Crippen LogP contribution in [-0.2, 0) is 4.79 Å². The molecule has 1 aliphatic rings. The fraction of sp³-hybridized carbons (Fsp3) is 0.556. The van der Waals surface area contributed by atoms with Crippen LogP contribution in [0.2, 0.25) is 0 Å². The number of aliphatic hydroxyl groups excluding tert-OH is 1. The Morgan fingerprint density at radius 2 is 2.08 bits per heavy atom. The van der Waals surface area contributed by atoms with Crippen LogP contribution in [0.25, 0.3) is 0 Å². The zero-order valence-electron chi connectivity index (χ0n) is 15.3. The maximum Gasteiger partial charge on any atom is 0.321 e. The summed E-state index contributed by atoms with van der Waals surface area (Å²) < 4.78 is 10.4. The second kappa shape index (κ2) is 8.27. The predicted molar refractivity (Wildman–Crippen MR) is 95.7 cm³/mol. The van der Waals surface area contributed by atoms with Gasteiger partial charge in [0.05, 0.1) is 26.0 Å². The minimum absolute atomic E-state index is 0.0462. The molecule has 2 rings (SSSR count). The van der Waals surface area contributed by atoms with Crippen molar-refractivity contribution in [2.75, 3.05) is 32.6 Å². The normalized spacial score (nSPS) is 22.6. The number of nitrogens with zero attached hydrogens (tertiary/aromatic N) is 1. The summed E-state index contributed by atoms with van der Waals surface area (Å²) in [6, 6.07) is 4.58. The molecule has 1 heterocycles. The summed E-state index contributed by atoms with van der Waals surface area (Å²) in [4.78, 5) is 26.0. The molecule has 1 saturated heterocycles. The molecule has 0 spiro atoms. The molecule has 2 amide bonds. The summed E-state index contributed by atoms with van der Waals surface area (Å²) in [6.07, 6.45) is 0.142. The van der Waals surface area contributed by atoms with Gasteiger partial charge in [0, 0.05) is 19.2 Å². The number of carbonyl (C=O) groups excluding carboxylic acids is 1. The van der Waals surface area contributed by atoms with Crippen LogP contribution in [0, 0.1) is 5.41 Å². The number of piperidine rings is 1. The van der Waals surface area contributed by atoms with E-state index in [4.69, 9.17) is 9.47 Å². The summed E-state index contributed by atoms with van der Waals surface area (Å²) >= 11 is 0. The molecule has 0 aliphatic carbocycles. The average Bonchev–Trinajstić information content (AvgIpc) is 2.63. The molecule has 26 heavy (non-hydrogen) atoms. The lowest BCUT2D eigenvalue weighted by Gasteiger charge is -2.43. The van der Waals surface area contributed by atoms with Gasteiger partial charge in [0.1, 0.15) is 16.9 Å². The first-order chi connectivity index (χ1) is 12.4. The van der Waals surface area contributed by atoms with Gasteiger partial charge in [-0.15, -0.1) is 0 Å². The molecule has 0 radical (unpaired) electrons. The standard InChI is InChI=1S/C18H26N2O6/c1-4-8-18(16(22)23)11-20(9-7-15(18)21)17(24)19-13-10-12(25-2)5-6-14(13)26-3/h5-6,10,15,21H,4,7-9,11H2,1-3H3,(H,19,24)(H,22,23)/t15-,18+/m0/s1. The number of aliphatic hydroxyl groups is 1. The molecule has 2 atom stereocenters. The van der Waals surface area contributed by atoms with E-state index in [0.29, 0.717) is 30.0 Å². The van der Waals surface area contributed by atoms with Gasteiger partial charge in [0.2, 0.25) is 0 Å². The minimum Gasteiger partial charge on any atom is -0.497 e. The van der Waals surface area contributed by atoms with Gasteiger partial charge >= 0.3 is 12.0 Å². The Labute approximate surface area is 152 Å². The first-order valence-electron chi connectivity index (χ1n) is 8.57. The highest BCUT2D eigenvalue weighted by Gasteiger charge is 2.49. The van der Waals surface area contributed by atoms with Crippen molar-refractivity contribution in [3.05, 3.63) is 18.2 Å². The van der Waals surface area contributed by atoms with Gasteiger partial charge in [-0.2, -0.15) is 0 Å². The largest absolute Gasteiger partial charge is 0.497 e. The molecule has 0 aromatic heterocycles. The number of hydrogen-bond acceptors (Lipinski definition) is 5. The number of amides is 2. The first kappa shape index (κ1) is 19.8. The Bertz CT molecular complexity index is 665. The van der Waals surface area contributed by atoms with Crippen molar-refractivity contribution in [1.29, 1.82) is 0 Å². The third-order valence-electron chi connectivity index (χ3n) is 4.84. The molecule has 144 valence electrons. The second-order valence-electron chi connectivity index (χ2n) is 6.43. The van der Waals surface area contributed by atoms with E-state index in [9.17, 15) is 19.8 Å². The highest BCUT2D eigenvalue weighted by atomic mass is 16.5. The highest BCUT2D eigenvalue weighted by molar-refractivity contribution is 5.92. The van der Waals surface area contributed by atoms with Crippen molar-refractivity contribution < 1.29 is 29.3 Å². The lowest BCUT2D eigenvalue weighted by atomic mass is 9.74. The molecule has 0 unspecified atom stereocenters. The average molecular weight is 366 g/mol. The molecule has 0 saturated carbocycles. The van der Waals surface area contributed by atoms with Crippen molar-refractivity contribution in [2.24, 2.45) is 5.41 Å². The van der Waals surface area contributed by atoms with E-state index >= 15 is 0 Å². The third-order valence-corrected chi connectivity index (χ3v) is 4.84. The highest BCUT2D eigenvalue weighted by Crippen LogP contribution is 2.36. The van der Waals surface area contributed by atoms with Crippen LogP contribution in [0.15, 0.2) is 18.2 Å². The minimum atomic E-state index is -1.34. The number of anilines is 1. The number of aliphatic carboxylic acids is 1. The van der Waals surface area contributed by atoms with Gasteiger partial charge in [0.25, 0.3) is 0 Å². The van der Waals surface area contributed by atoms with Crippen molar-refractivity contribution in [3.8, 4) is 11.5 Å². The second-order valence-corrected chi connectivity index (χ2v) is 6.43. The van der Waals surface area contributed by atoms with Gasteiger partial charge in [-0.1, -0.05) is 13.3 Å². The van der Waals surface area contributed by atoms with Crippen molar-refractivity contribution in [2.45, 2.75) is 32.3 Å². The number of carbonyl (C=O) groups is 2. The molecule has 1 aromatic carbocycles. The fourth-order valence-electron chi connectivity index (χ4n) is 3.37. The van der Waals surface area contributed by atoms with E-state index in [-0.39, 0.29) is 19.5 Å². The Morgan fingerprint density at radius 3 is 2.65 bits per heavy atom. The van der Waals surface area contributed by atoms with Crippen molar-refractivity contribution in [3.63, 3.8) is 0 Å². The van der Waals surface area contributed by atoms with Gasteiger partial charge in [-0.05, 0) is 25.0 Å². The predicted octanol–water partition coefficient (Wildman–Crippen LogP) is 2.17. The Balaban J connectivity index is 2.21. The van der Waals surface area contributed by atoms with Crippen LogP contribution in [-0.4, -0.2) is 60.5 Å². The lowest BCUT2D eigenvalue weighted by Crippen LogP contribution is -2.57. The number of carboxylic acid groups (broad SMARTS) is 1. The first-order valence-corrected chi connectivity index (χ1v) is 8.57. The number of rotatable bonds is 6. The molecular formula is C18H26N2O6. The van der Waals surface area contributed by atoms with E-state index in [1.807, 2.05) is 6.92 Å². The van der Waals surface area contributed by atoms with E-state index in [1.54, 1.807) is 18.2 Å². The number of carboxylic acids is 1. The van der Waals surface area contributed by atoms with E-state index in [0.717, 1.165) is 0 Å². The number of ether oxygens (including phenoxy) is 2. The smallest absolute Gasteiger partial charge is 0.321 e. The summed E-state index contributed by atoms with van der Waals surface area (Å²) in [7, 11) is 3.01. The Morgan fingerprint density at radius 1 is 1.35 bits per heavy atom. The van der Waals surface area contributed by atoms with Gasteiger partial charge in [-0.25, -0.2) is 4.79 Å². The maximum atomic E-state index is 12.7.